The zero-order valence-electron chi connectivity index (χ0n) is 12.8. The van der Waals surface area contributed by atoms with Gasteiger partial charge in [0.25, 0.3) is 0 Å². The van der Waals surface area contributed by atoms with E-state index in [9.17, 15) is 0 Å². The van der Waals surface area contributed by atoms with Gasteiger partial charge in [-0.25, -0.2) is 0 Å². The molecule has 0 radical (unpaired) electrons. The molecule has 0 bridgehead atoms. The van der Waals surface area contributed by atoms with Crippen LogP contribution in [0.4, 0.5) is 0 Å². The lowest BCUT2D eigenvalue weighted by Crippen LogP contribution is -2.42. The maximum atomic E-state index is 6.20. The Morgan fingerprint density at radius 3 is 2.52 bits per heavy atom. The molecule has 2 fully saturated rings. The van der Waals surface area contributed by atoms with E-state index in [2.05, 4.69) is 35.3 Å². The normalized spacial score (nSPS) is 20.3. The van der Waals surface area contributed by atoms with Crippen LogP contribution in [-0.2, 0) is 6.54 Å². The summed E-state index contributed by atoms with van der Waals surface area (Å²) in [6, 6.07) is 7.20. The fourth-order valence-electron chi connectivity index (χ4n) is 2.94. The highest BCUT2D eigenvalue weighted by Gasteiger charge is 2.24. The summed E-state index contributed by atoms with van der Waals surface area (Å²) >= 11 is 6.20. The lowest BCUT2D eigenvalue weighted by molar-refractivity contribution is 0.190. The van der Waals surface area contributed by atoms with Gasteiger partial charge in [0.05, 0.1) is 0 Å². The first-order chi connectivity index (χ1) is 9.70. The standard InChI is InChI=1S/C17H25ClN2.ClH/c1-13-2-3-15(10-17(13)18)12-20-8-6-16(7-9-20)19-11-14-4-5-14;/h2-3,10,14,16,19H,4-9,11-12H2,1H3;1H. The first-order valence-corrected chi connectivity index (χ1v) is 8.29. The monoisotopic (exact) mass is 328 g/mol. The summed E-state index contributed by atoms with van der Waals surface area (Å²) in [6.45, 7) is 6.75. The molecule has 1 aliphatic carbocycles. The lowest BCUT2D eigenvalue weighted by Gasteiger charge is -2.32. The van der Waals surface area contributed by atoms with Crippen molar-refractivity contribution in [3.63, 3.8) is 0 Å². The highest BCUT2D eigenvalue weighted by atomic mass is 35.5. The first-order valence-electron chi connectivity index (χ1n) is 7.91. The number of halogens is 2. The molecule has 3 rings (SSSR count). The van der Waals surface area contributed by atoms with Gasteiger partial charge in [0.2, 0.25) is 0 Å². The number of nitrogens with zero attached hydrogens (tertiary/aromatic N) is 1. The van der Waals surface area contributed by atoms with Crippen molar-refractivity contribution in [2.75, 3.05) is 19.6 Å². The fourth-order valence-corrected chi connectivity index (χ4v) is 3.15. The van der Waals surface area contributed by atoms with Crippen LogP contribution in [0.25, 0.3) is 0 Å². The van der Waals surface area contributed by atoms with Crippen LogP contribution in [0.3, 0.4) is 0 Å². The molecule has 1 aromatic rings. The Bertz CT molecular complexity index is 452. The largest absolute Gasteiger partial charge is 0.314 e. The van der Waals surface area contributed by atoms with Gasteiger partial charge in [0.15, 0.2) is 0 Å². The van der Waals surface area contributed by atoms with E-state index in [0.717, 1.165) is 23.5 Å². The van der Waals surface area contributed by atoms with Crippen LogP contribution in [0.1, 0.15) is 36.8 Å². The van der Waals surface area contributed by atoms with Crippen LogP contribution in [0.5, 0.6) is 0 Å². The van der Waals surface area contributed by atoms with E-state index < -0.39 is 0 Å². The van der Waals surface area contributed by atoms with Gasteiger partial charge < -0.3 is 5.32 Å². The molecule has 1 N–H and O–H groups in total. The van der Waals surface area contributed by atoms with Gasteiger partial charge in [-0.3, -0.25) is 4.90 Å². The molecule has 4 heteroatoms. The number of piperidine rings is 1. The number of likely N-dealkylation sites (tertiary alicyclic amines) is 1. The predicted octanol–water partition coefficient (Wildman–Crippen LogP) is 4.03. The van der Waals surface area contributed by atoms with E-state index in [-0.39, 0.29) is 12.4 Å². The molecule has 1 heterocycles. The summed E-state index contributed by atoms with van der Waals surface area (Å²) in [5, 5.41) is 4.63. The first kappa shape index (κ1) is 17.1. The molecule has 0 aromatic heterocycles. The van der Waals surface area contributed by atoms with E-state index >= 15 is 0 Å². The van der Waals surface area contributed by atoms with Crippen molar-refractivity contribution in [3.05, 3.63) is 34.3 Å². The van der Waals surface area contributed by atoms with Gasteiger partial charge in [-0.2, -0.15) is 0 Å². The van der Waals surface area contributed by atoms with Crippen LogP contribution >= 0.6 is 24.0 Å². The van der Waals surface area contributed by atoms with Crippen LogP contribution < -0.4 is 5.32 Å². The molecule has 0 unspecified atom stereocenters. The summed E-state index contributed by atoms with van der Waals surface area (Å²) in [5.74, 6) is 0.989. The third-order valence-corrected chi connectivity index (χ3v) is 5.03. The molecule has 2 nitrogen and oxygen atoms in total. The Balaban J connectivity index is 0.00000161. The molecular formula is C17H26Cl2N2. The smallest absolute Gasteiger partial charge is 0.0438 e. The molecule has 0 spiro atoms. The van der Waals surface area contributed by atoms with Crippen molar-refractivity contribution in [2.45, 2.75) is 45.2 Å². The van der Waals surface area contributed by atoms with Crippen LogP contribution in [0.15, 0.2) is 18.2 Å². The summed E-state index contributed by atoms with van der Waals surface area (Å²) in [7, 11) is 0. The second-order valence-electron chi connectivity index (χ2n) is 6.49. The van der Waals surface area contributed by atoms with Crippen molar-refractivity contribution < 1.29 is 0 Å². The number of hydrogen-bond acceptors (Lipinski definition) is 2. The van der Waals surface area contributed by atoms with E-state index in [1.54, 1.807) is 0 Å². The molecule has 1 saturated heterocycles. The minimum absolute atomic E-state index is 0. The fraction of sp³-hybridized carbons (Fsp3) is 0.647. The molecule has 118 valence electrons. The Morgan fingerprint density at radius 2 is 1.90 bits per heavy atom. The maximum Gasteiger partial charge on any atom is 0.0438 e. The Kier molecular flexibility index (Phi) is 6.36. The molecule has 1 saturated carbocycles. The summed E-state index contributed by atoms with van der Waals surface area (Å²) < 4.78 is 0. The van der Waals surface area contributed by atoms with Crippen molar-refractivity contribution in [1.29, 1.82) is 0 Å². The van der Waals surface area contributed by atoms with E-state index in [1.165, 1.54) is 56.4 Å². The number of aryl methyl sites for hydroxylation is 1. The van der Waals surface area contributed by atoms with Crippen LogP contribution in [-0.4, -0.2) is 30.6 Å². The van der Waals surface area contributed by atoms with E-state index in [4.69, 9.17) is 11.6 Å². The van der Waals surface area contributed by atoms with E-state index in [1.807, 2.05) is 0 Å². The summed E-state index contributed by atoms with van der Waals surface area (Å²) in [6.07, 6.45) is 5.46. The van der Waals surface area contributed by atoms with Gasteiger partial charge in [0.1, 0.15) is 0 Å². The molecule has 0 amide bonds. The second kappa shape index (κ2) is 7.82. The number of hydrogen-bond donors (Lipinski definition) is 1. The van der Waals surface area contributed by atoms with Crippen LogP contribution in [0, 0.1) is 12.8 Å². The predicted molar refractivity (Wildman–Crippen MR) is 92.5 cm³/mol. The van der Waals surface area contributed by atoms with Gasteiger partial charge in [0, 0.05) is 17.6 Å². The summed E-state index contributed by atoms with van der Waals surface area (Å²) in [4.78, 5) is 2.55. The molecule has 1 aromatic carbocycles. The maximum absolute atomic E-state index is 6.20. The second-order valence-corrected chi connectivity index (χ2v) is 6.89. The van der Waals surface area contributed by atoms with Gasteiger partial charge in [-0.15, -0.1) is 12.4 Å². The SMILES string of the molecule is Cc1ccc(CN2CCC(NCC3CC3)CC2)cc1Cl.Cl. The van der Waals surface area contributed by atoms with Crippen molar-refractivity contribution in [3.8, 4) is 0 Å². The quantitative estimate of drug-likeness (QED) is 0.877. The van der Waals surface area contributed by atoms with Crippen LogP contribution in [0.2, 0.25) is 5.02 Å². The zero-order valence-corrected chi connectivity index (χ0v) is 14.3. The molecule has 21 heavy (non-hydrogen) atoms. The molecule has 2 aliphatic rings. The Morgan fingerprint density at radius 1 is 1.19 bits per heavy atom. The van der Waals surface area contributed by atoms with Crippen molar-refractivity contribution in [2.24, 2.45) is 5.92 Å². The topological polar surface area (TPSA) is 15.3 Å². The highest BCUT2D eigenvalue weighted by Crippen LogP contribution is 2.28. The average Bonchev–Trinajstić information content (AvgIpc) is 3.26. The average molecular weight is 329 g/mol. The molecule has 1 aliphatic heterocycles. The van der Waals surface area contributed by atoms with Crippen molar-refractivity contribution >= 4 is 24.0 Å². The zero-order chi connectivity index (χ0) is 13.9. The van der Waals surface area contributed by atoms with Gasteiger partial charge in [-0.1, -0.05) is 23.7 Å². The molecular weight excluding hydrogens is 303 g/mol. The minimum Gasteiger partial charge on any atom is -0.314 e. The number of nitrogens with one attached hydrogen (secondary N) is 1. The number of rotatable bonds is 5. The third-order valence-electron chi connectivity index (χ3n) is 4.62. The third kappa shape index (κ3) is 5.14. The van der Waals surface area contributed by atoms with Crippen molar-refractivity contribution in [1.82, 2.24) is 10.2 Å². The Labute approximate surface area is 139 Å². The summed E-state index contributed by atoms with van der Waals surface area (Å²) in [5.41, 5.74) is 2.50. The lowest BCUT2D eigenvalue weighted by atomic mass is 10.0. The van der Waals surface area contributed by atoms with E-state index in [0.29, 0.717) is 0 Å². The Hall–Kier alpha value is -0.280. The van der Waals surface area contributed by atoms with Gasteiger partial charge in [-0.05, 0) is 75.4 Å². The van der Waals surface area contributed by atoms with Gasteiger partial charge >= 0.3 is 0 Å². The highest BCUT2D eigenvalue weighted by molar-refractivity contribution is 6.31. The number of benzene rings is 1. The molecule has 0 atom stereocenters. The minimum atomic E-state index is 0.